The zero-order chi connectivity index (χ0) is 14.1. The topological polar surface area (TPSA) is 75.2 Å². The molecular formula is C15H12N2O3. The van der Waals surface area contributed by atoms with Crippen LogP contribution in [0, 0.1) is 0 Å². The van der Waals surface area contributed by atoms with Crippen LogP contribution in [-0.2, 0) is 0 Å². The highest BCUT2D eigenvalue weighted by Crippen LogP contribution is 2.33. The van der Waals surface area contributed by atoms with Crippen LogP contribution >= 0.6 is 0 Å². The van der Waals surface area contributed by atoms with Crippen LogP contribution in [-0.4, -0.2) is 28.4 Å². The number of carboxylic acid groups (broad SMARTS) is 1. The number of hydrogen-bond donors (Lipinski definition) is 2. The molecule has 0 saturated heterocycles. The smallest absolute Gasteiger partial charge is 0.335 e. The number of aromatic amines is 1. The minimum Gasteiger partial charge on any atom is -0.496 e. The molecule has 0 aliphatic carbocycles. The van der Waals surface area contributed by atoms with Crippen LogP contribution in [0.25, 0.3) is 22.2 Å². The number of nitrogens with one attached hydrogen (secondary N) is 1. The van der Waals surface area contributed by atoms with Crippen LogP contribution in [0.1, 0.15) is 10.4 Å². The van der Waals surface area contributed by atoms with Gasteiger partial charge in [-0.1, -0.05) is 12.1 Å². The van der Waals surface area contributed by atoms with Gasteiger partial charge < -0.3 is 9.84 Å². The standard InChI is InChI=1S/C15H12N2O3/c1-20-13-5-3-2-4-11(13)14-10-7-6-9(15(18)19)8-12(10)16-17-14/h2-8H,1H3,(H,16,17)(H,18,19). The molecule has 0 fully saturated rings. The highest BCUT2D eigenvalue weighted by Gasteiger charge is 2.13. The summed E-state index contributed by atoms with van der Waals surface area (Å²) in [4.78, 5) is 11.0. The van der Waals surface area contributed by atoms with Crippen LogP contribution in [0.5, 0.6) is 5.75 Å². The van der Waals surface area contributed by atoms with Gasteiger partial charge in [-0.25, -0.2) is 4.79 Å². The minimum atomic E-state index is -0.958. The predicted molar refractivity (Wildman–Crippen MR) is 75.0 cm³/mol. The highest BCUT2D eigenvalue weighted by molar-refractivity contribution is 5.98. The number of H-pyrrole nitrogens is 1. The molecule has 3 rings (SSSR count). The first-order valence-electron chi connectivity index (χ1n) is 6.05. The molecule has 0 spiro atoms. The fourth-order valence-corrected chi connectivity index (χ4v) is 2.20. The Hall–Kier alpha value is -2.82. The number of rotatable bonds is 3. The number of fused-ring (bicyclic) bond motifs is 1. The maximum absolute atomic E-state index is 11.0. The van der Waals surface area contributed by atoms with Crippen molar-refractivity contribution in [2.75, 3.05) is 7.11 Å². The molecule has 100 valence electrons. The lowest BCUT2D eigenvalue weighted by molar-refractivity contribution is 0.0697. The lowest BCUT2D eigenvalue weighted by atomic mass is 10.1. The quantitative estimate of drug-likeness (QED) is 0.765. The molecule has 5 nitrogen and oxygen atoms in total. The van der Waals surface area contributed by atoms with Gasteiger partial charge in [-0.15, -0.1) is 0 Å². The fourth-order valence-electron chi connectivity index (χ4n) is 2.20. The summed E-state index contributed by atoms with van der Waals surface area (Å²) in [5.74, 6) is -0.233. The SMILES string of the molecule is COc1ccccc1-c1n[nH]c2cc(C(=O)O)ccc12. The van der Waals surface area contributed by atoms with Gasteiger partial charge in [0.15, 0.2) is 0 Å². The van der Waals surface area contributed by atoms with Crippen LogP contribution in [0.2, 0.25) is 0 Å². The van der Waals surface area contributed by atoms with Gasteiger partial charge >= 0.3 is 5.97 Å². The third kappa shape index (κ3) is 1.89. The van der Waals surface area contributed by atoms with Crippen molar-refractivity contribution in [3.8, 4) is 17.0 Å². The van der Waals surface area contributed by atoms with Gasteiger partial charge in [0.25, 0.3) is 0 Å². The van der Waals surface area contributed by atoms with Gasteiger partial charge in [-0.3, -0.25) is 5.10 Å². The van der Waals surface area contributed by atoms with Gasteiger partial charge in [0, 0.05) is 10.9 Å². The summed E-state index contributed by atoms with van der Waals surface area (Å²) in [7, 11) is 1.61. The second-order valence-electron chi connectivity index (χ2n) is 4.34. The third-order valence-corrected chi connectivity index (χ3v) is 3.17. The van der Waals surface area contributed by atoms with E-state index in [4.69, 9.17) is 9.84 Å². The van der Waals surface area contributed by atoms with E-state index in [0.717, 1.165) is 22.4 Å². The van der Waals surface area contributed by atoms with Crippen molar-refractivity contribution in [2.45, 2.75) is 0 Å². The highest BCUT2D eigenvalue weighted by atomic mass is 16.5. The number of hydrogen-bond acceptors (Lipinski definition) is 3. The zero-order valence-electron chi connectivity index (χ0n) is 10.8. The average Bonchev–Trinajstić information content (AvgIpc) is 2.89. The van der Waals surface area contributed by atoms with Crippen molar-refractivity contribution in [3.05, 3.63) is 48.0 Å². The molecule has 0 unspecified atom stereocenters. The van der Waals surface area contributed by atoms with Crippen LogP contribution in [0.3, 0.4) is 0 Å². The van der Waals surface area contributed by atoms with E-state index in [1.165, 1.54) is 0 Å². The molecule has 0 amide bonds. The van der Waals surface area contributed by atoms with E-state index in [1.54, 1.807) is 25.3 Å². The Labute approximate surface area is 114 Å². The summed E-state index contributed by atoms with van der Waals surface area (Å²) in [5, 5.41) is 17.0. The first-order chi connectivity index (χ1) is 9.70. The van der Waals surface area contributed by atoms with E-state index in [2.05, 4.69) is 10.2 Å². The molecule has 0 aliphatic heterocycles. The molecule has 0 bridgehead atoms. The van der Waals surface area contributed by atoms with Gasteiger partial charge in [-0.05, 0) is 30.3 Å². The van der Waals surface area contributed by atoms with Gasteiger partial charge in [0.1, 0.15) is 11.4 Å². The molecule has 0 aliphatic rings. The van der Waals surface area contributed by atoms with Gasteiger partial charge in [0.05, 0.1) is 18.2 Å². The normalized spacial score (nSPS) is 10.7. The summed E-state index contributed by atoms with van der Waals surface area (Å²) < 4.78 is 5.33. The maximum atomic E-state index is 11.0. The van der Waals surface area contributed by atoms with E-state index < -0.39 is 5.97 Å². The number of carbonyl (C=O) groups is 1. The lowest BCUT2D eigenvalue weighted by Gasteiger charge is -2.05. The molecule has 2 aromatic carbocycles. The summed E-state index contributed by atoms with van der Waals surface area (Å²) in [6, 6.07) is 12.5. The predicted octanol–water partition coefficient (Wildman–Crippen LogP) is 2.94. The molecule has 0 atom stereocenters. The van der Waals surface area contributed by atoms with E-state index in [9.17, 15) is 4.79 Å². The number of carboxylic acids is 1. The molecule has 2 N–H and O–H groups in total. The zero-order valence-corrected chi connectivity index (χ0v) is 10.8. The van der Waals surface area contributed by atoms with E-state index in [-0.39, 0.29) is 5.56 Å². The number of benzene rings is 2. The molecule has 0 saturated carbocycles. The maximum Gasteiger partial charge on any atom is 0.335 e. The monoisotopic (exact) mass is 268 g/mol. The van der Waals surface area contributed by atoms with Crippen molar-refractivity contribution in [3.63, 3.8) is 0 Å². The summed E-state index contributed by atoms with van der Waals surface area (Å²) >= 11 is 0. The number of nitrogens with zero attached hydrogens (tertiary/aromatic N) is 1. The van der Waals surface area contributed by atoms with E-state index in [1.807, 2.05) is 24.3 Å². The van der Waals surface area contributed by atoms with Crippen LogP contribution < -0.4 is 4.74 Å². The minimum absolute atomic E-state index is 0.229. The van der Waals surface area contributed by atoms with Crippen LogP contribution in [0.15, 0.2) is 42.5 Å². The first-order valence-corrected chi connectivity index (χ1v) is 6.05. The Bertz CT molecular complexity index is 793. The average molecular weight is 268 g/mol. The molecule has 20 heavy (non-hydrogen) atoms. The largest absolute Gasteiger partial charge is 0.496 e. The number of para-hydroxylation sites is 1. The van der Waals surface area contributed by atoms with E-state index in [0.29, 0.717) is 5.52 Å². The van der Waals surface area contributed by atoms with Crippen LogP contribution in [0.4, 0.5) is 0 Å². The van der Waals surface area contributed by atoms with Gasteiger partial charge in [-0.2, -0.15) is 5.10 Å². The second-order valence-corrected chi connectivity index (χ2v) is 4.34. The summed E-state index contributed by atoms with van der Waals surface area (Å²) in [6.07, 6.45) is 0. The Morgan fingerprint density at radius 1 is 1.25 bits per heavy atom. The Balaban J connectivity index is 2.20. The molecule has 3 aromatic rings. The van der Waals surface area contributed by atoms with Crippen molar-refractivity contribution in [1.82, 2.24) is 10.2 Å². The first kappa shape index (κ1) is 12.2. The molecule has 1 heterocycles. The summed E-state index contributed by atoms with van der Waals surface area (Å²) in [5.41, 5.74) is 2.53. The number of ether oxygens (including phenoxy) is 1. The Kier molecular flexibility index (Phi) is 2.87. The fraction of sp³-hybridized carbons (Fsp3) is 0.0667. The van der Waals surface area contributed by atoms with Crippen molar-refractivity contribution in [2.24, 2.45) is 0 Å². The van der Waals surface area contributed by atoms with E-state index >= 15 is 0 Å². The van der Waals surface area contributed by atoms with Crippen molar-refractivity contribution >= 4 is 16.9 Å². The molecular weight excluding hydrogens is 256 g/mol. The molecule has 1 aromatic heterocycles. The Morgan fingerprint density at radius 3 is 2.80 bits per heavy atom. The number of methoxy groups -OCH3 is 1. The van der Waals surface area contributed by atoms with Gasteiger partial charge in [0.2, 0.25) is 0 Å². The lowest BCUT2D eigenvalue weighted by Crippen LogP contribution is -1.94. The number of aromatic nitrogens is 2. The molecule has 5 heteroatoms. The Morgan fingerprint density at radius 2 is 2.05 bits per heavy atom. The van der Waals surface area contributed by atoms with Crippen molar-refractivity contribution in [1.29, 1.82) is 0 Å². The van der Waals surface area contributed by atoms with Crippen molar-refractivity contribution < 1.29 is 14.6 Å². The number of aromatic carboxylic acids is 1. The third-order valence-electron chi connectivity index (χ3n) is 3.17. The second kappa shape index (κ2) is 4.70. The summed E-state index contributed by atoms with van der Waals surface area (Å²) in [6.45, 7) is 0. The molecule has 0 radical (unpaired) electrons.